The van der Waals surface area contributed by atoms with Gasteiger partial charge < -0.3 is 14.6 Å². The molecular weight excluding hydrogens is 668 g/mol. The Hall–Kier alpha value is -3.34. The van der Waals surface area contributed by atoms with Gasteiger partial charge in [0.05, 0.1) is 46.3 Å². The summed E-state index contributed by atoms with van der Waals surface area (Å²) in [5, 5.41) is 18.5. The topological polar surface area (TPSA) is 89.7 Å². The zero-order valence-electron chi connectivity index (χ0n) is 30.0. The molecule has 1 N–H and O–H groups in total. The number of aryl methyl sites for hydroxylation is 1. The van der Waals surface area contributed by atoms with Crippen molar-refractivity contribution >= 4 is 50.0 Å². The Balaban J connectivity index is 1.35. The van der Waals surface area contributed by atoms with Crippen LogP contribution < -0.4 is 0 Å². The molecule has 0 unspecified atom stereocenters. The molecule has 5 aromatic rings. The standard InChI is InChI=1S/C40H47ClN4O4S/c1-23-18-30-36(33(24-8-11-27(41)12-9-24)32(23)35(38(46)47)49-40(5,6)7)50-37(42-30)26-10-13-31-29(19-26)34(43-45(31)22-39(2,3)4)25-14-16-44(17-15-25)28-20-48-21-28/h8-13,18-19,25,28,35H,14-17,20-22H2,1-7H3,(H,46,47)/t35-/m0/s1. The second kappa shape index (κ2) is 13.3. The number of aromatic nitrogens is 3. The highest BCUT2D eigenvalue weighted by atomic mass is 35.5. The lowest BCUT2D eigenvalue weighted by Gasteiger charge is -2.41. The summed E-state index contributed by atoms with van der Waals surface area (Å²) < 4.78 is 14.8. The Kier molecular flexibility index (Phi) is 9.35. The minimum absolute atomic E-state index is 0.0770. The van der Waals surface area contributed by atoms with E-state index < -0.39 is 17.7 Å². The third kappa shape index (κ3) is 7.08. The van der Waals surface area contributed by atoms with Gasteiger partial charge in [-0.3, -0.25) is 9.58 Å². The number of hydrogen-bond donors (Lipinski definition) is 1. The van der Waals surface area contributed by atoms with E-state index in [1.54, 1.807) is 11.3 Å². The van der Waals surface area contributed by atoms with Crippen molar-refractivity contribution in [2.75, 3.05) is 26.3 Å². The van der Waals surface area contributed by atoms with Crippen molar-refractivity contribution in [1.82, 2.24) is 19.7 Å². The molecule has 10 heteroatoms. The van der Waals surface area contributed by atoms with Crippen molar-refractivity contribution in [2.24, 2.45) is 5.41 Å². The maximum Gasteiger partial charge on any atom is 0.337 e. The van der Waals surface area contributed by atoms with Crippen LogP contribution in [-0.4, -0.2) is 68.7 Å². The maximum atomic E-state index is 12.8. The fourth-order valence-corrected chi connectivity index (χ4v) is 8.59. The number of nitrogens with zero attached hydrogens (tertiary/aromatic N) is 4. The molecule has 2 saturated heterocycles. The Labute approximate surface area is 303 Å². The van der Waals surface area contributed by atoms with E-state index in [2.05, 4.69) is 48.6 Å². The van der Waals surface area contributed by atoms with Crippen LogP contribution in [0, 0.1) is 12.3 Å². The van der Waals surface area contributed by atoms with Crippen molar-refractivity contribution in [2.45, 2.75) is 91.5 Å². The summed E-state index contributed by atoms with van der Waals surface area (Å²) in [6, 6.07) is 16.8. The minimum Gasteiger partial charge on any atom is -0.479 e. The van der Waals surface area contributed by atoms with Crippen molar-refractivity contribution < 1.29 is 19.4 Å². The van der Waals surface area contributed by atoms with Crippen molar-refractivity contribution in [3.63, 3.8) is 0 Å². The average Bonchev–Trinajstić information content (AvgIpc) is 3.59. The number of aliphatic carboxylic acids is 1. The molecule has 8 nitrogen and oxygen atoms in total. The first-order chi connectivity index (χ1) is 23.6. The minimum atomic E-state index is -1.16. The van der Waals surface area contributed by atoms with Gasteiger partial charge in [0.2, 0.25) is 0 Å². The van der Waals surface area contributed by atoms with Crippen LogP contribution in [0.1, 0.15) is 83.2 Å². The molecule has 0 bridgehead atoms. The van der Waals surface area contributed by atoms with Gasteiger partial charge in [-0.15, -0.1) is 11.3 Å². The van der Waals surface area contributed by atoms with E-state index in [9.17, 15) is 9.90 Å². The molecule has 7 rings (SSSR count). The smallest absolute Gasteiger partial charge is 0.337 e. The number of thiazole rings is 1. The number of hydrogen-bond acceptors (Lipinski definition) is 7. The van der Waals surface area contributed by atoms with Crippen LogP contribution in [0.2, 0.25) is 5.02 Å². The van der Waals surface area contributed by atoms with Crippen molar-refractivity contribution in [3.05, 3.63) is 70.4 Å². The molecule has 4 heterocycles. The van der Waals surface area contributed by atoms with Crippen LogP contribution in [-0.2, 0) is 20.8 Å². The van der Waals surface area contributed by atoms with Crippen molar-refractivity contribution in [1.29, 1.82) is 0 Å². The normalized spacial score (nSPS) is 17.4. The number of likely N-dealkylation sites (tertiary alicyclic amines) is 1. The molecule has 2 aliphatic heterocycles. The van der Waals surface area contributed by atoms with Crippen LogP contribution in [0.5, 0.6) is 0 Å². The highest BCUT2D eigenvalue weighted by molar-refractivity contribution is 7.22. The fraction of sp³-hybridized carbons (Fsp3) is 0.475. The van der Waals surface area contributed by atoms with E-state index in [1.165, 1.54) is 11.1 Å². The van der Waals surface area contributed by atoms with Crippen LogP contribution in [0.3, 0.4) is 0 Å². The molecule has 50 heavy (non-hydrogen) atoms. The number of ether oxygens (including phenoxy) is 2. The summed E-state index contributed by atoms with van der Waals surface area (Å²) in [7, 11) is 0. The molecule has 2 aliphatic rings. The molecule has 1 atom stereocenters. The zero-order chi connectivity index (χ0) is 35.5. The number of halogens is 1. The molecule has 264 valence electrons. The van der Waals surface area contributed by atoms with Gasteiger partial charge in [0.1, 0.15) is 5.01 Å². The highest BCUT2D eigenvalue weighted by Crippen LogP contribution is 2.45. The predicted molar refractivity (Wildman–Crippen MR) is 202 cm³/mol. The summed E-state index contributed by atoms with van der Waals surface area (Å²) >= 11 is 7.90. The summed E-state index contributed by atoms with van der Waals surface area (Å²) in [4.78, 5) is 20.6. The molecule has 2 fully saturated rings. The van der Waals surface area contributed by atoms with Crippen LogP contribution in [0.15, 0.2) is 48.5 Å². The van der Waals surface area contributed by atoms with E-state index in [0.29, 0.717) is 22.5 Å². The molecule has 0 amide bonds. The van der Waals surface area contributed by atoms with Gasteiger partial charge in [0, 0.05) is 39.6 Å². The number of carboxylic acid groups (broad SMARTS) is 1. The summed E-state index contributed by atoms with van der Waals surface area (Å²) in [5.41, 5.74) is 6.74. The van der Waals surface area contributed by atoms with Gasteiger partial charge in [0.15, 0.2) is 6.10 Å². The second-order valence-electron chi connectivity index (χ2n) is 16.1. The highest BCUT2D eigenvalue weighted by Gasteiger charge is 2.34. The van der Waals surface area contributed by atoms with Crippen LogP contribution in [0.4, 0.5) is 0 Å². The number of piperidine rings is 1. The van der Waals surface area contributed by atoms with Gasteiger partial charge in [-0.05, 0) is 107 Å². The summed E-state index contributed by atoms with van der Waals surface area (Å²) in [5.74, 6) is -0.640. The number of benzene rings is 3. The third-order valence-electron chi connectivity index (χ3n) is 9.72. The lowest BCUT2D eigenvalue weighted by Crippen LogP contribution is -2.51. The van der Waals surface area contributed by atoms with Gasteiger partial charge in [-0.1, -0.05) is 44.5 Å². The Bertz CT molecular complexity index is 2040. The molecule has 0 spiro atoms. The summed E-state index contributed by atoms with van der Waals surface area (Å²) in [6.45, 7) is 19.0. The molecule has 2 aromatic heterocycles. The molecule has 3 aromatic carbocycles. The van der Waals surface area contributed by atoms with E-state index in [4.69, 9.17) is 31.2 Å². The van der Waals surface area contributed by atoms with Gasteiger partial charge in [-0.2, -0.15) is 5.10 Å². The number of fused-ring (bicyclic) bond motifs is 2. The van der Waals surface area contributed by atoms with Crippen LogP contribution in [0.25, 0.3) is 42.8 Å². The SMILES string of the molecule is Cc1cc2nc(-c3ccc4c(c3)c(C3CCN(C5COC5)CC3)nn4CC(C)(C)C)sc2c(-c2ccc(Cl)cc2)c1[C@H](OC(C)(C)C)C(=O)O. The largest absolute Gasteiger partial charge is 0.479 e. The lowest BCUT2D eigenvalue weighted by atomic mass is 9.90. The van der Waals surface area contributed by atoms with E-state index in [1.807, 2.05) is 58.0 Å². The first kappa shape index (κ1) is 35.1. The predicted octanol–water partition coefficient (Wildman–Crippen LogP) is 9.51. The monoisotopic (exact) mass is 714 g/mol. The van der Waals surface area contributed by atoms with Crippen molar-refractivity contribution in [3.8, 4) is 21.7 Å². The number of carboxylic acids is 1. The van der Waals surface area contributed by atoms with E-state index >= 15 is 0 Å². The first-order valence-corrected chi connectivity index (χ1v) is 18.8. The van der Waals surface area contributed by atoms with Gasteiger partial charge in [0.25, 0.3) is 0 Å². The van der Waals surface area contributed by atoms with E-state index in [-0.39, 0.29) is 5.41 Å². The Morgan fingerprint density at radius 1 is 1.04 bits per heavy atom. The molecular formula is C40H47ClN4O4S. The maximum absolute atomic E-state index is 12.8. The number of rotatable bonds is 8. The van der Waals surface area contributed by atoms with Crippen LogP contribution >= 0.6 is 22.9 Å². The van der Waals surface area contributed by atoms with Gasteiger partial charge in [-0.25, -0.2) is 9.78 Å². The average molecular weight is 715 g/mol. The molecule has 0 saturated carbocycles. The molecule has 0 radical (unpaired) electrons. The molecule has 0 aliphatic carbocycles. The number of carbonyl (C=O) groups is 1. The van der Waals surface area contributed by atoms with Gasteiger partial charge >= 0.3 is 5.97 Å². The van der Waals surface area contributed by atoms with E-state index in [0.717, 1.165) is 88.7 Å². The first-order valence-electron chi connectivity index (χ1n) is 17.6. The fourth-order valence-electron chi connectivity index (χ4n) is 7.34. The second-order valence-corrected chi connectivity index (χ2v) is 17.6. The quantitative estimate of drug-likeness (QED) is 0.171. The Morgan fingerprint density at radius 2 is 1.72 bits per heavy atom. The zero-order valence-corrected chi connectivity index (χ0v) is 31.6. The Morgan fingerprint density at radius 3 is 2.32 bits per heavy atom. The lowest BCUT2D eigenvalue weighted by molar-refractivity contribution is -0.160. The summed E-state index contributed by atoms with van der Waals surface area (Å²) in [6.07, 6.45) is 1.00. The third-order valence-corrected chi connectivity index (χ3v) is 11.1.